The first kappa shape index (κ1) is 14.8. The molecule has 0 aliphatic heterocycles. The monoisotopic (exact) mass is 322 g/mol. The van der Waals surface area contributed by atoms with Crippen LogP contribution in [0.25, 0.3) is 0 Å². The second kappa shape index (κ2) is 5.39. The summed E-state index contributed by atoms with van der Waals surface area (Å²) in [6, 6.07) is 0. The van der Waals surface area contributed by atoms with Gasteiger partial charge in [0.2, 0.25) is 0 Å². The average Bonchev–Trinajstić information content (AvgIpc) is 3.01. The third-order valence-electron chi connectivity index (χ3n) is 2.98. The van der Waals surface area contributed by atoms with Gasteiger partial charge in [-0.15, -0.1) is 11.3 Å². The molecular formula is C10H14N2O4S3. The fraction of sp³-hybridized carbons (Fsp3) is 0.600. The Balaban J connectivity index is 2.16. The molecule has 2 rings (SSSR count). The molecular weight excluding hydrogens is 308 g/mol. The molecule has 0 aromatic carbocycles. The number of nitrogens with one attached hydrogen (secondary N) is 1. The van der Waals surface area contributed by atoms with Crippen molar-refractivity contribution in [3.8, 4) is 0 Å². The summed E-state index contributed by atoms with van der Waals surface area (Å²) in [7, 11) is -2.52. The molecule has 1 heterocycles. The lowest BCUT2D eigenvalue weighted by Crippen LogP contribution is -2.32. The Morgan fingerprint density at radius 1 is 1.63 bits per heavy atom. The Hall–Kier alpha value is -0.640. The maximum atomic E-state index is 12.2. The number of ether oxygens (including phenoxy) is 1. The van der Waals surface area contributed by atoms with Gasteiger partial charge < -0.3 is 4.74 Å². The Labute approximate surface area is 120 Å². The number of thioether (sulfide) groups is 1. The number of esters is 1. The lowest BCUT2D eigenvalue weighted by atomic mass is 10.4. The molecule has 0 bridgehead atoms. The zero-order valence-corrected chi connectivity index (χ0v) is 13.0. The molecule has 1 aromatic heterocycles. The van der Waals surface area contributed by atoms with Crippen LogP contribution in [0.15, 0.2) is 9.72 Å². The van der Waals surface area contributed by atoms with E-state index in [9.17, 15) is 13.2 Å². The number of hydrogen-bond donors (Lipinski definition) is 1. The topological polar surface area (TPSA) is 85.4 Å². The molecule has 9 heteroatoms. The summed E-state index contributed by atoms with van der Waals surface area (Å²) in [5.74, 6) is -0.743. The maximum Gasteiger partial charge on any atom is 0.358 e. The van der Waals surface area contributed by atoms with Gasteiger partial charge in [-0.3, -0.25) is 0 Å². The third kappa shape index (κ3) is 3.10. The van der Waals surface area contributed by atoms with Gasteiger partial charge in [0.25, 0.3) is 10.0 Å². The number of thiazole rings is 1. The number of sulfonamides is 1. The summed E-state index contributed by atoms with van der Waals surface area (Å²) in [6.07, 6.45) is 3.97. The molecule has 0 spiro atoms. The van der Waals surface area contributed by atoms with Crippen molar-refractivity contribution in [3.05, 3.63) is 11.2 Å². The summed E-state index contributed by atoms with van der Waals surface area (Å²) in [5, 5.41) is 0. The zero-order valence-electron chi connectivity index (χ0n) is 10.5. The van der Waals surface area contributed by atoms with Gasteiger partial charge in [-0.05, 0) is 19.1 Å². The lowest BCUT2D eigenvalue weighted by Gasteiger charge is -2.12. The van der Waals surface area contributed by atoms with Crippen molar-refractivity contribution in [1.29, 1.82) is 0 Å². The van der Waals surface area contributed by atoms with E-state index in [1.165, 1.54) is 12.6 Å². The number of rotatable bonds is 6. The molecule has 1 fully saturated rings. The molecule has 1 saturated carbocycles. The summed E-state index contributed by atoms with van der Waals surface area (Å²) in [5.41, 5.74) is 1.16. The normalized spacial score (nSPS) is 17.2. The van der Waals surface area contributed by atoms with E-state index in [4.69, 9.17) is 0 Å². The van der Waals surface area contributed by atoms with E-state index in [2.05, 4.69) is 14.4 Å². The van der Waals surface area contributed by atoms with E-state index < -0.39 is 16.0 Å². The van der Waals surface area contributed by atoms with Gasteiger partial charge in [0.1, 0.15) is 0 Å². The number of aromatic nitrogens is 1. The summed E-state index contributed by atoms with van der Waals surface area (Å²) >= 11 is 2.57. The molecule has 0 unspecified atom stereocenters. The Morgan fingerprint density at radius 3 is 2.84 bits per heavy atom. The van der Waals surface area contributed by atoms with Gasteiger partial charge in [-0.25, -0.2) is 22.9 Å². The van der Waals surface area contributed by atoms with Gasteiger partial charge in [-0.2, -0.15) is 11.8 Å². The van der Waals surface area contributed by atoms with Crippen LogP contribution in [-0.2, 0) is 14.8 Å². The predicted octanol–water partition coefficient (Wildman–Crippen LogP) is 1.10. The van der Waals surface area contributed by atoms with E-state index in [0.29, 0.717) is 6.54 Å². The van der Waals surface area contributed by atoms with Crippen LogP contribution < -0.4 is 4.72 Å². The van der Waals surface area contributed by atoms with Crippen molar-refractivity contribution in [2.75, 3.05) is 19.9 Å². The van der Waals surface area contributed by atoms with Gasteiger partial charge in [0.15, 0.2) is 9.90 Å². The first-order chi connectivity index (χ1) is 8.94. The summed E-state index contributed by atoms with van der Waals surface area (Å²) in [6.45, 7) is 0.370. The van der Waals surface area contributed by atoms with Crippen molar-refractivity contribution < 1.29 is 17.9 Å². The van der Waals surface area contributed by atoms with Crippen LogP contribution in [0, 0.1) is 0 Å². The summed E-state index contributed by atoms with van der Waals surface area (Å²) in [4.78, 5) is 15.2. The smallest absolute Gasteiger partial charge is 0.358 e. The highest BCUT2D eigenvalue weighted by Gasteiger charge is 2.43. The minimum Gasteiger partial charge on any atom is -0.464 e. The fourth-order valence-electron chi connectivity index (χ4n) is 1.54. The maximum absolute atomic E-state index is 12.2. The molecule has 0 radical (unpaired) electrons. The van der Waals surface area contributed by atoms with Crippen molar-refractivity contribution >= 4 is 39.1 Å². The number of carbonyl (C=O) groups excluding carboxylic acids is 1. The first-order valence-electron chi connectivity index (χ1n) is 5.51. The number of nitrogens with zero attached hydrogens (tertiary/aromatic N) is 1. The molecule has 1 aliphatic rings. The Bertz CT molecular complexity index is 577. The molecule has 0 amide bonds. The number of methoxy groups -OCH3 is 1. The van der Waals surface area contributed by atoms with Gasteiger partial charge in [-0.1, -0.05) is 0 Å². The fourth-order valence-corrected chi connectivity index (χ4v) is 4.66. The second-order valence-corrected chi connectivity index (χ2v) is 8.28. The van der Waals surface area contributed by atoms with E-state index in [-0.39, 0.29) is 14.7 Å². The van der Waals surface area contributed by atoms with Gasteiger partial charge in [0.05, 0.1) is 12.6 Å². The first-order valence-corrected chi connectivity index (χ1v) is 9.09. The minimum absolute atomic E-state index is 0.0171. The second-order valence-electron chi connectivity index (χ2n) is 4.19. The highest BCUT2D eigenvalue weighted by Crippen LogP contribution is 2.46. The molecule has 1 N–H and O–H groups in total. The van der Waals surface area contributed by atoms with Crippen molar-refractivity contribution in [3.63, 3.8) is 0 Å². The molecule has 0 atom stereocenters. The molecule has 6 nitrogen and oxygen atoms in total. The summed E-state index contributed by atoms with van der Waals surface area (Å²) < 4.78 is 31.3. The Kier molecular flexibility index (Phi) is 4.19. The SMILES string of the molecule is COC(=O)c1ncsc1S(=O)(=O)NCC1(SC)CC1. The van der Waals surface area contributed by atoms with Crippen molar-refractivity contribution in [1.82, 2.24) is 9.71 Å². The molecule has 1 aliphatic carbocycles. The van der Waals surface area contributed by atoms with E-state index in [1.807, 2.05) is 6.26 Å². The predicted molar refractivity (Wildman–Crippen MR) is 74.1 cm³/mol. The molecule has 1 aromatic rings. The number of hydrogen-bond acceptors (Lipinski definition) is 7. The van der Waals surface area contributed by atoms with E-state index in [0.717, 1.165) is 24.2 Å². The quantitative estimate of drug-likeness (QED) is 0.790. The van der Waals surface area contributed by atoms with Crippen LogP contribution >= 0.6 is 23.1 Å². The van der Waals surface area contributed by atoms with Crippen LogP contribution in [0.1, 0.15) is 23.3 Å². The average molecular weight is 322 g/mol. The number of carbonyl (C=O) groups is 1. The highest BCUT2D eigenvalue weighted by atomic mass is 32.2. The van der Waals surface area contributed by atoms with Crippen LogP contribution in [0.4, 0.5) is 0 Å². The van der Waals surface area contributed by atoms with E-state index >= 15 is 0 Å². The van der Waals surface area contributed by atoms with Crippen LogP contribution in [0.3, 0.4) is 0 Å². The molecule has 19 heavy (non-hydrogen) atoms. The molecule has 0 saturated heterocycles. The van der Waals surface area contributed by atoms with Crippen LogP contribution in [-0.4, -0.2) is 44.0 Å². The highest BCUT2D eigenvalue weighted by molar-refractivity contribution is 8.00. The zero-order chi connectivity index (χ0) is 14.1. The van der Waals surface area contributed by atoms with Crippen LogP contribution in [0.5, 0.6) is 0 Å². The van der Waals surface area contributed by atoms with E-state index in [1.54, 1.807) is 11.8 Å². The molecule has 106 valence electrons. The third-order valence-corrected chi connectivity index (χ3v) is 7.17. The van der Waals surface area contributed by atoms with Gasteiger partial charge in [0, 0.05) is 11.3 Å². The van der Waals surface area contributed by atoms with Crippen molar-refractivity contribution in [2.24, 2.45) is 0 Å². The largest absolute Gasteiger partial charge is 0.464 e. The van der Waals surface area contributed by atoms with Crippen molar-refractivity contribution in [2.45, 2.75) is 21.8 Å². The van der Waals surface area contributed by atoms with Crippen LogP contribution in [0.2, 0.25) is 0 Å². The Morgan fingerprint density at radius 2 is 2.32 bits per heavy atom. The standard InChI is InChI=1S/C10H14N2O4S3/c1-16-8(13)7-9(18-6-11-7)19(14,15)12-5-10(17-2)3-4-10/h6,12H,3-5H2,1-2H3. The van der Waals surface area contributed by atoms with Gasteiger partial charge >= 0.3 is 5.97 Å². The minimum atomic E-state index is -3.71. The lowest BCUT2D eigenvalue weighted by molar-refractivity contribution is 0.0590.